The highest BCUT2D eigenvalue weighted by molar-refractivity contribution is 5.99. The number of hydrogen-bond donors (Lipinski definition) is 21. The number of carboxylic acids is 1. The second-order valence-electron chi connectivity index (χ2n) is 22.2. The van der Waals surface area contributed by atoms with Gasteiger partial charge in [0.1, 0.15) is 67.0 Å². The Kier molecular flexibility index (Phi) is 38.6. The molecule has 32 N–H and O–H groups in total. The fourth-order valence-corrected chi connectivity index (χ4v) is 9.29. The molecule has 0 saturated carbocycles. The van der Waals surface area contributed by atoms with Gasteiger partial charge in [-0.15, -0.1) is 0 Å². The number of unbranched alkanes of at least 4 members (excludes halogenated alkanes) is 2. The van der Waals surface area contributed by atoms with Gasteiger partial charge in [-0.3, -0.25) is 72.7 Å². The van der Waals surface area contributed by atoms with Crippen LogP contribution in [0.3, 0.4) is 0 Å². The summed E-state index contributed by atoms with van der Waals surface area (Å²) in [4.78, 5) is 168. The van der Waals surface area contributed by atoms with Gasteiger partial charge in [0, 0.05) is 39.8 Å². The molecule has 0 aromatic rings. The second-order valence-corrected chi connectivity index (χ2v) is 22.2. The fraction of sp³-hybridized carbons (Fsp3) is 0.722. The molecule has 1 aliphatic heterocycles. The van der Waals surface area contributed by atoms with Crippen LogP contribution in [0, 0.1) is 0 Å². The van der Waals surface area contributed by atoms with Crippen LogP contribution in [0.15, 0.2) is 20.0 Å². The van der Waals surface area contributed by atoms with Crippen molar-refractivity contribution in [1.29, 1.82) is 0 Å². The van der Waals surface area contributed by atoms with Gasteiger partial charge in [0.15, 0.2) is 23.8 Å². The van der Waals surface area contributed by atoms with Gasteiger partial charge >= 0.3 is 5.97 Å². The van der Waals surface area contributed by atoms with Crippen LogP contribution in [0.5, 0.6) is 0 Å². The van der Waals surface area contributed by atoms with Crippen LogP contribution in [-0.4, -0.2) is 235 Å². The van der Waals surface area contributed by atoms with E-state index < -0.39 is 138 Å². The number of aliphatic imine (C=N–C) groups is 4. The normalized spacial score (nSPS) is 15.8. The molecule has 92 heavy (non-hydrogen) atoms. The summed E-state index contributed by atoms with van der Waals surface area (Å²) in [7, 11) is 1.24. The van der Waals surface area contributed by atoms with Gasteiger partial charge in [0.05, 0.1) is 6.10 Å². The summed E-state index contributed by atoms with van der Waals surface area (Å²) in [5.41, 5.74) is 61.5. The lowest BCUT2D eigenvalue weighted by Crippen LogP contribution is -2.60. The van der Waals surface area contributed by atoms with Crippen molar-refractivity contribution in [3.05, 3.63) is 0 Å². The van der Waals surface area contributed by atoms with Gasteiger partial charge in [0.25, 0.3) is 0 Å². The van der Waals surface area contributed by atoms with Crippen LogP contribution in [0.4, 0.5) is 0 Å². The van der Waals surface area contributed by atoms with Crippen LogP contribution in [0.1, 0.15) is 124 Å². The number of aliphatic hydroxyl groups excluding tert-OH is 1. The van der Waals surface area contributed by atoms with Gasteiger partial charge in [-0.05, 0) is 137 Å². The Morgan fingerprint density at radius 2 is 0.793 bits per heavy atom. The van der Waals surface area contributed by atoms with Gasteiger partial charge in [-0.1, -0.05) is 0 Å². The van der Waals surface area contributed by atoms with Crippen molar-refractivity contribution in [2.45, 2.75) is 190 Å². The molecule has 1 aliphatic rings. The zero-order chi connectivity index (χ0) is 69.6. The van der Waals surface area contributed by atoms with E-state index in [1.165, 1.54) is 32.7 Å². The summed E-state index contributed by atoms with van der Waals surface area (Å²) in [5, 5.41) is 40.2. The Bertz CT molecular complexity index is 2540. The highest BCUT2D eigenvalue weighted by atomic mass is 16.4. The molecule has 0 aromatic heterocycles. The number of carbonyl (C=O) groups is 11. The van der Waals surface area contributed by atoms with Gasteiger partial charge < -0.3 is 126 Å². The molecular weight excluding hydrogens is 1210 g/mol. The number of likely N-dealkylation sites (tertiary alicyclic amines) is 1. The first-order chi connectivity index (χ1) is 43.3. The highest BCUT2D eigenvalue weighted by Gasteiger charge is 2.40. The minimum Gasteiger partial charge on any atom is -0.480 e. The largest absolute Gasteiger partial charge is 0.480 e. The number of hydrogen-bond acceptors (Lipinski definition) is 19. The number of nitrogens with two attached hydrogens (primary N) is 11. The molecule has 0 unspecified atom stereocenters. The van der Waals surface area contributed by atoms with E-state index in [0.717, 1.165) is 4.90 Å². The Balaban J connectivity index is 3.56. The number of aliphatic hydroxyl groups is 1. The smallest absolute Gasteiger partial charge is 0.323 e. The molecule has 1 heterocycles. The molecule has 1 saturated heterocycles. The zero-order valence-electron chi connectivity index (χ0n) is 53.2. The van der Waals surface area contributed by atoms with E-state index in [2.05, 4.69) is 62.5 Å². The predicted molar refractivity (Wildman–Crippen MR) is 342 cm³/mol. The number of nitrogens with zero attached hydrogens (tertiary/aromatic N) is 6. The summed E-state index contributed by atoms with van der Waals surface area (Å²) in [5.74, 6) is -10.4. The van der Waals surface area contributed by atoms with E-state index in [4.69, 9.17) is 63.1 Å². The van der Waals surface area contributed by atoms with Crippen molar-refractivity contribution in [3.8, 4) is 0 Å². The molecule has 0 aliphatic carbocycles. The lowest BCUT2D eigenvalue weighted by molar-refractivity contribution is -0.145. The minimum atomic E-state index is -1.45. The van der Waals surface area contributed by atoms with Gasteiger partial charge in [-0.2, -0.15) is 0 Å². The van der Waals surface area contributed by atoms with Crippen molar-refractivity contribution < 1.29 is 63.0 Å². The third kappa shape index (κ3) is 32.2. The number of guanidine groups is 4. The molecule has 10 amide bonds. The topological polar surface area (TPSA) is 667 Å². The van der Waals surface area contributed by atoms with Crippen LogP contribution in [0.2, 0.25) is 0 Å². The number of carbonyl (C=O) groups excluding carboxylic acids is 10. The number of likely N-dealkylation sites (N-methyl/N-ethyl adjacent to an activating group) is 1. The van der Waals surface area contributed by atoms with E-state index in [1.807, 2.05) is 0 Å². The third-order valence-corrected chi connectivity index (χ3v) is 14.4. The monoisotopic (exact) mass is 1310 g/mol. The maximum atomic E-state index is 14.5. The first-order valence-electron chi connectivity index (χ1n) is 30.6. The average molecular weight is 1310 g/mol. The Morgan fingerprint density at radius 3 is 1.15 bits per heavy atom. The van der Waals surface area contributed by atoms with E-state index >= 15 is 0 Å². The lowest BCUT2D eigenvalue weighted by atomic mass is 10.0. The second kappa shape index (κ2) is 43.7. The summed E-state index contributed by atoms with van der Waals surface area (Å²) < 4.78 is 0. The number of aliphatic carboxylic acids is 1. The molecule has 0 spiro atoms. The molecule has 0 bridgehead atoms. The SMILES string of the molecule is C[C@H](NC(=O)[C@H](C)NC(=O)[C@H](CCCN=C(N)N)NC(=O)[C@@H]1CCCN1C(=O)[C@@H](N)[C@@H](C)O)C(=O)N[C@@H](CCCN=C(N)N)C(=O)N[C@@H](CCCN=C(N)N)C(=O)N[C@@H](CCCCN)C(=O)N[C@@H](CCCCN)C(=O)N[C@@H](CCCN=C(N)N)C(=O)N(C)CC(=O)O. The number of nitrogens with one attached hydrogen (secondary N) is 8. The molecule has 0 radical (unpaired) electrons. The van der Waals surface area contributed by atoms with Crippen LogP contribution < -0.4 is 106 Å². The standard InChI is InChI=1S/C54H103N25O13/c1-29(71-43(85)34(16-9-23-66-51(58)59)76-48(90)38-20-13-27-79(38)50(92)40(57)31(3)80)41(83)70-30(2)42(84)72-35(17-10-24-67-52(60)61)45(87)75-36(18-11-25-68-53(62)63)46(88)73-32(14-5-7-21-55)44(86)74-33(15-6-8-22-56)47(89)77-37(19-12-26-69-54(64)65)49(91)78(4)28-39(81)82/h29-38,40,80H,5-28,55-57H2,1-4H3,(H,70,83)(H,71,85)(H,72,84)(H,73,88)(H,74,86)(H,75,87)(H,76,90)(H,77,89)(H,81,82)(H4,58,59,66)(H4,60,61,67)(H4,62,63,68)(H4,64,65,69)/t29-,30-,31+,32-,33-,34-,35-,36-,37-,38-,40-/m0/s1. The van der Waals surface area contributed by atoms with Crippen molar-refractivity contribution in [2.75, 3.05) is 59.4 Å². The number of carboxylic acid groups (broad SMARTS) is 1. The Hall–Kier alpha value is -8.91. The van der Waals surface area contributed by atoms with Crippen molar-refractivity contribution >= 4 is 88.9 Å². The quantitative estimate of drug-likeness (QED) is 0.0153. The van der Waals surface area contributed by atoms with E-state index in [9.17, 15) is 63.0 Å². The highest BCUT2D eigenvalue weighted by Crippen LogP contribution is 2.20. The molecule has 0 aromatic carbocycles. The van der Waals surface area contributed by atoms with Crippen LogP contribution >= 0.6 is 0 Å². The molecule has 522 valence electrons. The summed E-state index contributed by atoms with van der Waals surface area (Å²) in [6, 6.07) is -13.2. The third-order valence-electron chi connectivity index (χ3n) is 14.4. The molecule has 38 heteroatoms. The fourth-order valence-electron chi connectivity index (χ4n) is 9.29. The zero-order valence-corrected chi connectivity index (χ0v) is 53.2. The summed E-state index contributed by atoms with van der Waals surface area (Å²) in [6.07, 6.45) is 1.07. The van der Waals surface area contributed by atoms with Gasteiger partial charge in [-0.25, -0.2) is 0 Å². The molecule has 1 rings (SSSR count). The van der Waals surface area contributed by atoms with Crippen molar-refractivity contribution in [3.63, 3.8) is 0 Å². The number of amides is 10. The Labute approximate surface area is 535 Å². The Morgan fingerprint density at radius 1 is 0.478 bits per heavy atom. The number of rotatable bonds is 45. The van der Waals surface area contributed by atoms with Crippen LogP contribution in [-0.2, 0) is 52.7 Å². The minimum absolute atomic E-state index is 0.0102. The summed E-state index contributed by atoms with van der Waals surface area (Å²) in [6.45, 7) is 3.96. The maximum Gasteiger partial charge on any atom is 0.323 e. The molecule has 1 fully saturated rings. The molecular formula is C54H103N25O13. The average Bonchev–Trinajstić information content (AvgIpc) is 1.62. The maximum absolute atomic E-state index is 14.5. The predicted octanol–water partition coefficient (Wildman–Crippen LogP) is -9.38. The molecule has 38 nitrogen and oxygen atoms in total. The first kappa shape index (κ1) is 81.1. The van der Waals surface area contributed by atoms with Gasteiger partial charge in [0.2, 0.25) is 59.1 Å². The lowest BCUT2D eigenvalue weighted by Gasteiger charge is -2.29. The van der Waals surface area contributed by atoms with Crippen molar-refractivity contribution in [1.82, 2.24) is 52.3 Å². The van der Waals surface area contributed by atoms with E-state index in [-0.39, 0.29) is 140 Å². The van der Waals surface area contributed by atoms with Crippen molar-refractivity contribution in [2.24, 2.45) is 83.0 Å². The summed E-state index contributed by atoms with van der Waals surface area (Å²) >= 11 is 0. The van der Waals surface area contributed by atoms with Crippen LogP contribution in [0.25, 0.3) is 0 Å². The molecule has 11 atom stereocenters. The van der Waals surface area contributed by atoms with E-state index in [1.54, 1.807) is 0 Å². The van der Waals surface area contributed by atoms with E-state index in [0.29, 0.717) is 32.1 Å². The first-order valence-corrected chi connectivity index (χ1v) is 30.6.